The molecule has 0 aliphatic carbocycles. The van der Waals surface area contributed by atoms with E-state index in [0.29, 0.717) is 0 Å². The first-order valence-corrected chi connectivity index (χ1v) is 14.4. The topological polar surface area (TPSA) is 48.2 Å². The van der Waals surface area contributed by atoms with Gasteiger partial charge in [0.1, 0.15) is 22.1 Å². The van der Waals surface area contributed by atoms with Gasteiger partial charge in [-0.2, -0.15) is 4.40 Å². The Morgan fingerprint density at radius 2 is 1.47 bits per heavy atom. The van der Waals surface area contributed by atoms with Crippen molar-refractivity contribution in [3.05, 3.63) is 134 Å². The van der Waals surface area contributed by atoms with Gasteiger partial charge in [-0.25, -0.2) is 0 Å². The van der Waals surface area contributed by atoms with E-state index in [1.165, 1.54) is 21.9 Å². The normalized spacial score (nSPS) is 12.2. The summed E-state index contributed by atoms with van der Waals surface area (Å²) in [4.78, 5) is 4.31. The van der Waals surface area contributed by atoms with Gasteiger partial charge in [-0.05, 0) is 64.4 Å². The summed E-state index contributed by atoms with van der Waals surface area (Å²) in [5.41, 5.74) is 10.9. The molecule has 0 unspecified atom stereocenters. The molecule has 0 fully saturated rings. The van der Waals surface area contributed by atoms with E-state index in [-0.39, 0.29) is 0 Å². The summed E-state index contributed by atoms with van der Waals surface area (Å²) >= 11 is 0. The SMILES string of the molecule is c1ccc(-c2cc(-n3c4cccc5oc6ccc[n+](c7cc8oc9cnccc9c8cc73)c6c54)cc3ccccc23)cc1. The fourth-order valence-electron chi connectivity index (χ4n) is 6.88. The summed E-state index contributed by atoms with van der Waals surface area (Å²) in [6.45, 7) is 0. The van der Waals surface area contributed by atoms with Gasteiger partial charge >= 0.3 is 0 Å². The number of fused-ring (bicyclic) bond motifs is 6. The molecule has 10 aromatic rings. The van der Waals surface area contributed by atoms with Crippen LogP contribution in [0.3, 0.4) is 0 Å². The molecule has 0 N–H and O–H groups in total. The Balaban J connectivity index is 1.48. The number of hydrogen-bond acceptors (Lipinski definition) is 3. The molecule has 0 spiro atoms. The van der Waals surface area contributed by atoms with E-state index < -0.39 is 0 Å². The van der Waals surface area contributed by atoms with Gasteiger partial charge in [0, 0.05) is 28.7 Å². The molecule has 0 radical (unpaired) electrons. The zero-order valence-corrected chi connectivity index (χ0v) is 22.9. The summed E-state index contributed by atoms with van der Waals surface area (Å²) in [5, 5.41) is 5.58. The number of nitrogens with zero attached hydrogens (tertiary/aromatic N) is 3. The standard InChI is InChI=1S/C38H22N3O2/c1-2-8-23(9-3-1)28-19-25(18-24-10-4-5-11-26(24)28)41-30-12-6-13-33-37(30)38-34(42-33)14-7-17-40(38)31-21-35-29(20-32(31)41)27-15-16-39-22-36(27)43-35/h1-22H/q+1. The van der Waals surface area contributed by atoms with Crippen LogP contribution in [0.4, 0.5) is 0 Å². The van der Waals surface area contributed by atoms with Crippen LogP contribution in [0, 0.1) is 0 Å². The molecule has 200 valence electrons. The van der Waals surface area contributed by atoms with Crippen LogP contribution >= 0.6 is 0 Å². The van der Waals surface area contributed by atoms with Gasteiger partial charge < -0.3 is 13.4 Å². The molecule has 0 amide bonds. The van der Waals surface area contributed by atoms with Crippen molar-refractivity contribution in [1.82, 2.24) is 9.55 Å². The van der Waals surface area contributed by atoms with Gasteiger partial charge in [0.05, 0.1) is 17.8 Å². The first kappa shape index (κ1) is 22.7. The molecule has 5 nitrogen and oxygen atoms in total. The lowest BCUT2D eigenvalue weighted by molar-refractivity contribution is -0.479. The zero-order chi connectivity index (χ0) is 28.1. The van der Waals surface area contributed by atoms with E-state index in [1.54, 1.807) is 6.20 Å². The van der Waals surface area contributed by atoms with Gasteiger partial charge in [-0.1, -0.05) is 60.7 Å². The Morgan fingerprint density at radius 1 is 0.605 bits per heavy atom. The van der Waals surface area contributed by atoms with Crippen LogP contribution < -0.4 is 4.40 Å². The van der Waals surface area contributed by atoms with Gasteiger partial charge in [0.2, 0.25) is 5.52 Å². The Morgan fingerprint density at radius 3 is 2.42 bits per heavy atom. The van der Waals surface area contributed by atoms with Crippen molar-refractivity contribution in [3.63, 3.8) is 0 Å². The van der Waals surface area contributed by atoms with E-state index in [2.05, 4.69) is 117 Å². The smallest absolute Gasteiger partial charge is 0.267 e. The van der Waals surface area contributed by atoms with Crippen LogP contribution in [0.15, 0.2) is 143 Å². The average molecular weight is 553 g/mol. The quantitative estimate of drug-likeness (QED) is 0.201. The number of benzene rings is 5. The highest BCUT2D eigenvalue weighted by atomic mass is 16.3. The van der Waals surface area contributed by atoms with Crippen molar-refractivity contribution in [2.24, 2.45) is 0 Å². The summed E-state index contributed by atoms with van der Waals surface area (Å²) in [6.07, 6.45) is 5.72. The lowest BCUT2D eigenvalue weighted by atomic mass is 9.97. The second-order valence-corrected chi connectivity index (χ2v) is 11.1. The molecular weight excluding hydrogens is 530 g/mol. The lowest BCUT2D eigenvalue weighted by Crippen LogP contribution is -2.20. The van der Waals surface area contributed by atoms with Crippen molar-refractivity contribution in [2.75, 3.05) is 0 Å². The minimum Gasteiger partial charge on any atom is -0.454 e. The highest BCUT2D eigenvalue weighted by Crippen LogP contribution is 2.39. The van der Waals surface area contributed by atoms with Crippen LogP contribution in [-0.2, 0) is 0 Å². The number of furan rings is 2. The summed E-state index contributed by atoms with van der Waals surface area (Å²) < 4.78 is 17.4. The summed E-state index contributed by atoms with van der Waals surface area (Å²) in [6, 6.07) is 40.7. The number of rotatable bonds is 2. The Labute approximate surface area is 244 Å². The van der Waals surface area contributed by atoms with Crippen molar-refractivity contribution in [3.8, 4) is 16.8 Å². The monoisotopic (exact) mass is 552 g/mol. The van der Waals surface area contributed by atoms with Gasteiger partial charge in [0.15, 0.2) is 17.4 Å². The molecule has 5 aromatic heterocycles. The molecule has 5 heterocycles. The third-order valence-corrected chi connectivity index (χ3v) is 8.72. The van der Waals surface area contributed by atoms with E-state index in [0.717, 1.165) is 66.2 Å². The molecular formula is C38H22N3O2+. The van der Waals surface area contributed by atoms with Crippen molar-refractivity contribution >= 4 is 71.3 Å². The zero-order valence-electron chi connectivity index (χ0n) is 22.9. The molecule has 0 aliphatic rings. The Bertz CT molecular complexity index is 2730. The number of hydrogen-bond donors (Lipinski definition) is 0. The third kappa shape index (κ3) is 3.11. The van der Waals surface area contributed by atoms with Crippen molar-refractivity contribution < 1.29 is 13.2 Å². The fraction of sp³-hybridized carbons (Fsp3) is 0. The second kappa shape index (κ2) is 8.30. The maximum Gasteiger partial charge on any atom is 0.267 e. The van der Waals surface area contributed by atoms with Crippen LogP contribution in [0.25, 0.3) is 88.1 Å². The minimum atomic E-state index is 0.774. The number of pyridine rings is 2. The molecule has 0 aliphatic heterocycles. The third-order valence-electron chi connectivity index (χ3n) is 8.72. The number of aromatic nitrogens is 3. The molecule has 10 rings (SSSR count). The van der Waals surface area contributed by atoms with Gasteiger partial charge in [0.25, 0.3) is 5.52 Å². The molecule has 5 aromatic carbocycles. The first-order chi connectivity index (χ1) is 21.3. The van der Waals surface area contributed by atoms with E-state index in [9.17, 15) is 0 Å². The Kier molecular flexibility index (Phi) is 4.39. The molecule has 0 saturated carbocycles. The molecule has 0 bridgehead atoms. The summed E-state index contributed by atoms with van der Waals surface area (Å²) in [5.74, 6) is 0. The predicted octanol–water partition coefficient (Wildman–Crippen LogP) is 9.38. The minimum absolute atomic E-state index is 0.774. The van der Waals surface area contributed by atoms with Gasteiger partial charge in [-0.15, -0.1) is 0 Å². The van der Waals surface area contributed by atoms with Crippen LogP contribution in [0.1, 0.15) is 0 Å². The predicted molar refractivity (Wildman–Crippen MR) is 172 cm³/mol. The molecule has 43 heavy (non-hydrogen) atoms. The Hall–Kier alpha value is -5.94. The first-order valence-electron chi connectivity index (χ1n) is 14.4. The maximum absolute atomic E-state index is 6.43. The van der Waals surface area contributed by atoms with Crippen LogP contribution in [0.2, 0.25) is 0 Å². The molecule has 0 saturated heterocycles. The highest BCUT2D eigenvalue weighted by Gasteiger charge is 2.25. The van der Waals surface area contributed by atoms with Crippen LogP contribution in [0.5, 0.6) is 0 Å². The molecule has 0 atom stereocenters. The van der Waals surface area contributed by atoms with E-state index in [4.69, 9.17) is 8.83 Å². The average Bonchev–Trinajstić information content (AvgIpc) is 3.59. The van der Waals surface area contributed by atoms with Gasteiger partial charge in [-0.3, -0.25) is 4.98 Å². The molecule has 5 heteroatoms. The van der Waals surface area contributed by atoms with Crippen molar-refractivity contribution in [2.45, 2.75) is 0 Å². The van der Waals surface area contributed by atoms with Crippen molar-refractivity contribution in [1.29, 1.82) is 0 Å². The largest absolute Gasteiger partial charge is 0.454 e. The van der Waals surface area contributed by atoms with E-state index in [1.807, 2.05) is 24.4 Å². The van der Waals surface area contributed by atoms with E-state index >= 15 is 0 Å². The lowest BCUT2D eigenvalue weighted by Gasteiger charge is -2.15. The maximum atomic E-state index is 6.43. The fourth-order valence-corrected chi connectivity index (χ4v) is 6.88. The highest BCUT2D eigenvalue weighted by molar-refractivity contribution is 6.13. The second-order valence-electron chi connectivity index (χ2n) is 11.1. The van der Waals surface area contributed by atoms with Crippen LogP contribution in [-0.4, -0.2) is 9.55 Å². The summed E-state index contributed by atoms with van der Waals surface area (Å²) in [7, 11) is 0.